The number of amides is 2. The summed E-state index contributed by atoms with van der Waals surface area (Å²) in [5.41, 5.74) is 2.79. The molecule has 2 aromatic carbocycles. The van der Waals surface area contributed by atoms with Crippen molar-refractivity contribution in [1.29, 1.82) is 0 Å². The number of carbonyl (C=O) groups excluding carboxylic acids is 3. The van der Waals surface area contributed by atoms with Crippen molar-refractivity contribution in [3.63, 3.8) is 0 Å². The molecule has 2 amide bonds. The Hall–Kier alpha value is -4.59. The largest absolute Gasteiger partial charge is 0.484 e. The molecule has 0 aliphatic carbocycles. The number of rotatable bonds is 10. The second kappa shape index (κ2) is 11.9. The zero-order valence-electron chi connectivity index (χ0n) is 20.7. The maximum absolute atomic E-state index is 13.2. The van der Waals surface area contributed by atoms with Crippen molar-refractivity contribution in [1.82, 2.24) is 10.2 Å². The van der Waals surface area contributed by atoms with Crippen molar-refractivity contribution >= 4 is 23.9 Å². The number of hydrogen-bond acceptors (Lipinski definition) is 6. The molecular formula is C29H28N2O6. The SMILES string of the molecule is COC(=O)C1=C(C)N(Cc2ccco2)C(=O)/C1=C\c1ccc(OCC(=O)NCCc2ccccc2)cc1. The summed E-state index contributed by atoms with van der Waals surface area (Å²) >= 11 is 0. The molecule has 1 aromatic heterocycles. The number of nitrogens with zero attached hydrogens (tertiary/aromatic N) is 1. The van der Waals surface area contributed by atoms with E-state index < -0.39 is 5.97 Å². The van der Waals surface area contributed by atoms with Crippen LogP contribution >= 0.6 is 0 Å². The van der Waals surface area contributed by atoms with Crippen LogP contribution in [0.15, 0.2) is 94.3 Å². The van der Waals surface area contributed by atoms with E-state index in [4.69, 9.17) is 13.9 Å². The second-order valence-electron chi connectivity index (χ2n) is 8.42. The first-order valence-corrected chi connectivity index (χ1v) is 11.8. The molecule has 4 rings (SSSR count). The summed E-state index contributed by atoms with van der Waals surface area (Å²) in [7, 11) is 1.28. The highest BCUT2D eigenvalue weighted by Crippen LogP contribution is 2.33. The summed E-state index contributed by atoms with van der Waals surface area (Å²) in [5, 5.41) is 2.84. The maximum atomic E-state index is 13.2. The van der Waals surface area contributed by atoms with E-state index >= 15 is 0 Å². The number of allylic oxidation sites excluding steroid dienone is 1. The van der Waals surface area contributed by atoms with E-state index in [1.807, 2.05) is 30.3 Å². The highest BCUT2D eigenvalue weighted by molar-refractivity contribution is 6.16. The third-order valence-electron chi connectivity index (χ3n) is 5.93. The lowest BCUT2D eigenvalue weighted by Crippen LogP contribution is -2.30. The molecule has 1 aliphatic heterocycles. The van der Waals surface area contributed by atoms with Gasteiger partial charge in [-0.15, -0.1) is 0 Å². The van der Waals surface area contributed by atoms with Gasteiger partial charge in [0.2, 0.25) is 0 Å². The molecule has 37 heavy (non-hydrogen) atoms. The summed E-state index contributed by atoms with van der Waals surface area (Å²) < 4.78 is 15.9. The quantitative estimate of drug-likeness (QED) is 0.335. The van der Waals surface area contributed by atoms with E-state index in [1.165, 1.54) is 18.3 Å². The lowest BCUT2D eigenvalue weighted by Gasteiger charge is -2.16. The molecule has 0 unspecified atom stereocenters. The van der Waals surface area contributed by atoms with Gasteiger partial charge in [0.05, 0.1) is 31.1 Å². The van der Waals surface area contributed by atoms with E-state index in [2.05, 4.69) is 5.32 Å². The molecule has 0 fully saturated rings. The van der Waals surface area contributed by atoms with Gasteiger partial charge in [0.25, 0.3) is 11.8 Å². The van der Waals surface area contributed by atoms with E-state index in [-0.39, 0.29) is 36.1 Å². The van der Waals surface area contributed by atoms with Crippen molar-refractivity contribution in [3.05, 3.63) is 107 Å². The van der Waals surface area contributed by atoms with Crippen LogP contribution in [0.2, 0.25) is 0 Å². The number of carbonyl (C=O) groups is 3. The lowest BCUT2D eigenvalue weighted by atomic mass is 10.0. The molecule has 190 valence electrons. The molecule has 0 bridgehead atoms. The lowest BCUT2D eigenvalue weighted by molar-refractivity contribution is -0.136. The Labute approximate surface area is 215 Å². The van der Waals surface area contributed by atoms with Crippen molar-refractivity contribution < 1.29 is 28.3 Å². The molecule has 0 saturated carbocycles. The van der Waals surface area contributed by atoms with E-state index in [0.717, 1.165) is 12.0 Å². The monoisotopic (exact) mass is 500 g/mol. The van der Waals surface area contributed by atoms with E-state index in [0.29, 0.717) is 29.3 Å². The molecule has 8 nitrogen and oxygen atoms in total. The van der Waals surface area contributed by atoms with Crippen molar-refractivity contribution in [3.8, 4) is 5.75 Å². The standard InChI is InChI=1S/C29H28N2O6/c1-20-27(29(34)35-2)25(28(33)31(20)18-24-9-6-16-36-24)17-22-10-12-23(13-11-22)37-19-26(32)30-15-14-21-7-4-3-5-8-21/h3-13,16-17H,14-15,18-19H2,1-2H3,(H,30,32)/b25-17-. The molecule has 1 aliphatic rings. The van der Waals surface area contributed by atoms with Crippen molar-refractivity contribution in [2.75, 3.05) is 20.3 Å². The molecule has 0 spiro atoms. The Kier molecular flexibility index (Phi) is 8.20. The van der Waals surface area contributed by atoms with Gasteiger partial charge in [-0.2, -0.15) is 0 Å². The van der Waals surface area contributed by atoms with Crippen LogP contribution in [0.1, 0.15) is 23.8 Å². The highest BCUT2D eigenvalue weighted by Gasteiger charge is 2.37. The van der Waals surface area contributed by atoms with Crippen LogP contribution < -0.4 is 10.1 Å². The van der Waals surface area contributed by atoms with Gasteiger partial charge in [-0.25, -0.2) is 4.79 Å². The van der Waals surface area contributed by atoms with Gasteiger partial charge < -0.3 is 24.1 Å². The normalized spacial score (nSPS) is 14.3. The minimum absolute atomic E-state index is 0.107. The number of esters is 1. The summed E-state index contributed by atoms with van der Waals surface area (Å²) in [6.07, 6.45) is 3.92. The van der Waals surface area contributed by atoms with Gasteiger partial charge in [-0.05, 0) is 54.8 Å². The molecule has 1 N–H and O–H groups in total. The molecule has 0 atom stereocenters. The zero-order valence-corrected chi connectivity index (χ0v) is 20.7. The zero-order chi connectivity index (χ0) is 26.2. The van der Waals surface area contributed by atoms with Gasteiger partial charge in [-0.1, -0.05) is 42.5 Å². The van der Waals surface area contributed by atoms with Gasteiger partial charge in [0, 0.05) is 12.2 Å². The highest BCUT2D eigenvalue weighted by atomic mass is 16.5. The first-order valence-electron chi connectivity index (χ1n) is 11.8. The first-order chi connectivity index (χ1) is 18.0. The molecule has 3 aromatic rings. The van der Waals surface area contributed by atoms with Crippen LogP contribution in [0.3, 0.4) is 0 Å². The number of ether oxygens (including phenoxy) is 2. The van der Waals surface area contributed by atoms with Gasteiger partial charge in [0.1, 0.15) is 11.5 Å². The number of furan rings is 1. The number of benzene rings is 2. The van der Waals surface area contributed by atoms with E-state index in [9.17, 15) is 14.4 Å². The second-order valence-corrected chi connectivity index (χ2v) is 8.42. The summed E-state index contributed by atoms with van der Waals surface area (Å²) in [5.74, 6) is -0.000952. The fraction of sp³-hybridized carbons (Fsp3) is 0.207. The summed E-state index contributed by atoms with van der Waals surface area (Å²) in [4.78, 5) is 39.3. The molecule has 8 heteroatoms. The van der Waals surface area contributed by atoms with Crippen LogP contribution in [-0.4, -0.2) is 42.9 Å². The summed E-state index contributed by atoms with van der Waals surface area (Å²) in [6.45, 7) is 2.33. The fourth-order valence-electron chi connectivity index (χ4n) is 3.99. The average molecular weight is 501 g/mol. The minimum atomic E-state index is -0.586. The fourth-order valence-corrected chi connectivity index (χ4v) is 3.99. The van der Waals surface area contributed by atoms with Gasteiger partial charge >= 0.3 is 5.97 Å². The first kappa shape index (κ1) is 25.5. The predicted octanol–water partition coefficient (Wildman–Crippen LogP) is 3.89. The maximum Gasteiger partial charge on any atom is 0.340 e. The third-order valence-corrected chi connectivity index (χ3v) is 5.93. The third kappa shape index (κ3) is 6.35. The molecule has 0 saturated heterocycles. The average Bonchev–Trinajstić information content (AvgIpc) is 3.51. The predicted molar refractivity (Wildman–Crippen MR) is 137 cm³/mol. The molecule has 2 heterocycles. The number of methoxy groups -OCH3 is 1. The summed E-state index contributed by atoms with van der Waals surface area (Å²) in [6, 6.07) is 20.3. The Balaban J connectivity index is 1.38. The number of hydrogen-bond donors (Lipinski definition) is 1. The van der Waals surface area contributed by atoms with Gasteiger partial charge in [-0.3, -0.25) is 9.59 Å². The van der Waals surface area contributed by atoms with Crippen LogP contribution in [0, 0.1) is 0 Å². The Morgan fingerprint density at radius 1 is 1.03 bits per heavy atom. The Morgan fingerprint density at radius 2 is 1.78 bits per heavy atom. The van der Waals surface area contributed by atoms with E-state index in [1.54, 1.807) is 49.4 Å². The minimum Gasteiger partial charge on any atom is -0.484 e. The topological polar surface area (TPSA) is 98.1 Å². The molecular weight excluding hydrogens is 472 g/mol. The van der Waals surface area contributed by atoms with Crippen molar-refractivity contribution in [2.45, 2.75) is 19.9 Å². The Bertz CT molecular complexity index is 1310. The number of nitrogens with one attached hydrogen (secondary N) is 1. The van der Waals surface area contributed by atoms with Crippen LogP contribution in [0.25, 0.3) is 6.08 Å². The van der Waals surface area contributed by atoms with Crippen molar-refractivity contribution in [2.24, 2.45) is 0 Å². The van der Waals surface area contributed by atoms with Crippen LogP contribution in [0.4, 0.5) is 0 Å². The van der Waals surface area contributed by atoms with Crippen LogP contribution in [0.5, 0.6) is 5.75 Å². The molecule has 0 radical (unpaired) electrons. The smallest absolute Gasteiger partial charge is 0.340 e. The Morgan fingerprint density at radius 3 is 2.46 bits per heavy atom. The van der Waals surface area contributed by atoms with Gasteiger partial charge in [0.15, 0.2) is 6.61 Å². The van der Waals surface area contributed by atoms with Crippen LogP contribution in [-0.2, 0) is 32.1 Å².